The third-order valence-electron chi connectivity index (χ3n) is 3.86. The maximum atomic E-state index is 12.5. The normalized spacial score (nSPS) is 11.4. The molecule has 2 aromatic carbocycles. The summed E-state index contributed by atoms with van der Waals surface area (Å²) in [4.78, 5) is 23.9. The Labute approximate surface area is 166 Å². The molecule has 1 amide bonds. The smallest absolute Gasteiger partial charge is 0.303 e. The Morgan fingerprint density at radius 1 is 1.04 bits per heavy atom. The van der Waals surface area contributed by atoms with Gasteiger partial charge in [0.15, 0.2) is 11.5 Å². The van der Waals surface area contributed by atoms with Crippen LogP contribution < -0.4 is 14.8 Å². The van der Waals surface area contributed by atoms with Crippen molar-refractivity contribution in [2.24, 2.45) is 0 Å². The number of amides is 1. The van der Waals surface area contributed by atoms with Gasteiger partial charge in [-0.25, -0.2) is 0 Å². The summed E-state index contributed by atoms with van der Waals surface area (Å²) >= 11 is 3.34. The maximum absolute atomic E-state index is 12.5. The summed E-state index contributed by atoms with van der Waals surface area (Å²) in [6.07, 6.45) is -0.389. The van der Waals surface area contributed by atoms with Crippen molar-refractivity contribution in [1.82, 2.24) is 5.32 Å². The molecule has 0 aromatic heterocycles. The molecule has 0 heterocycles. The number of hydrogen-bond acceptors (Lipinski definition) is 5. The molecule has 0 aliphatic carbocycles. The van der Waals surface area contributed by atoms with Crippen LogP contribution in [0.5, 0.6) is 11.5 Å². The van der Waals surface area contributed by atoms with E-state index in [1.54, 1.807) is 38.5 Å². The van der Waals surface area contributed by atoms with Crippen LogP contribution >= 0.6 is 15.9 Å². The van der Waals surface area contributed by atoms with E-state index in [1.807, 2.05) is 18.2 Å². The van der Waals surface area contributed by atoms with E-state index in [0.29, 0.717) is 30.0 Å². The molecule has 1 atom stereocenters. The van der Waals surface area contributed by atoms with Gasteiger partial charge >= 0.3 is 5.97 Å². The van der Waals surface area contributed by atoms with Gasteiger partial charge in [0.05, 0.1) is 14.2 Å². The number of methoxy groups -OCH3 is 2. The number of rotatable bonds is 8. The van der Waals surface area contributed by atoms with E-state index in [2.05, 4.69) is 21.2 Å². The highest BCUT2D eigenvalue weighted by molar-refractivity contribution is 9.10. The van der Waals surface area contributed by atoms with Crippen LogP contribution in [0.3, 0.4) is 0 Å². The van der Waals surface area contributed by atoms with E-state index in [-0.39, 0.29) is 5.91 Å². The minimum atomic E-state index is -0.985. The van der Waals surface area contributed by atoms with E-state index in [9.17, 15) is 9.59 Å². The summed E-state index contributed by atoms with van der Waals surface area (Å²) < 4.78 is 16.6. The van der Waals surface area contributed by atoms with Gasteiger partial charge in [0.25, 0.3) is 5.91 Å². The largest absolute Gasteiger partial charge is 0.493 e. The fourth-order valence-corrected chi connectivity index (χ4v) is 2.80. The molecule has 0 aliphatic rings. The third kappa shape index (κ3) is 5.99. The highest BCUT2D eigenvalue weighted by atomic mass is 79.9. The van der Waals surface area contributed by atoms with E-state index < -0.39 is 12.1 Å². The molecule has 7 heteroatoms. The molecule has 0 saturated heterocycles. The Balaban J connectivity index is 2.01. The first-order chi connectivity index (χ1) is 12.9. The van der Waals surface area contributed by atoms with Gasteiger partial charge in [-0.1, -0.05) is 34.1 Å². The van der Waals surface area contributed by atoms with Crippen molar-refractivity contribution in [3.8, 4) is 11.5 Å². The number of carbonyl (C=O) groups excluding carboxylic acids is 2. The van der Waals surface area contributed by atoms with E-state index in [0.717, 1.165) is 10.0 Å². The van der Waals surface area contributed by atoms with Crippen molar-refractivity contribution >= 4 is 27.8 Å². The third-order valence-corrected chi connectivity index (χ3v) is 4.38. The number of nitrogens with one attached hydrogen (secondary N) is 1. The first-order valence-electron chi connectivity index (χ1n) is 8.36. The highest BCUT2D eigenvalue weighted by Crippen LogP contribution is 2.27. The van der Waals surface area contributed by atoms with Crippen molar-refractivity contribution in [3.63, 3.8) is 0 Å². The molecular formula is C20H22BrNO5. The van der Waals surface area contributed by atoms with Crippen LogP contribution in [0, 0.1) is 0 Å². The minimum absolute atomic E-state index is 0.368. The van der Waals surface area contributed by atoms with Crippen molar-refractivity contribution in [2.45, 2.75) is 19.4 Å². The number of benzene rings is 2. The van der Waals surface area contributed by atoms with Crippen molar-refractivity contribution in [2.75, 3.05) is 20.8 Å². The molecule has 6 nitrogen and oxygen atoms in total. The Morgan fingerprint density at radius 3 is 2.30 bits per heavy atom. The van der Waals surface area contributed by atoms with Gasteiger partial charge < -0.3 is 19.5 Å². The Bertz CT molecular complexity index is 791. The zero-order chi connectivity index (χ0) is 19.8. The Morgan fingerprint density at radius 2 is 1.70 bits per heavy atom. The number of ether oxygens (including phenoxy) is 3. The SMILES string of the molecule is COc1ccc(CCNC(=O)C(OC(C)=O)c2ccc(Br)cc2)cc1OC. The topological polar surface area (TPSA) is 73.9 Å². The van der Waals surface area contributed by atoms with Crippen molar-refractivity contribution < 1.29 is 23.8 Å². The lowest BCUT2D eigenvalue weighted by molar-refractivity contribution is -0.154. The Kier molecular flexibility index (Phi) is 7.67. The molecule has 0 saturated carbocycles. The minimum Gasteiger partial charge on any atom is -0.493 e. The van der Waals surface area contributed by atoms with Gasteiger partial charge in [-0.05, 0) is 36.2 Å². The summed E-state index contributed by atoms with van der Waals surface area (Å²) in [5.74, 6) is 0.399. The number of hydrogen-bond donors (Lipinski definition) is 1. The highest BCUT2D eigenvalue weighted by Gasteiger charge is 2.23. The van der Waals surface area contributed by atoms with Crippen LogP contribution in [0.1, 0.15) is 24.2 Å². The van der Waals surface area contributed by atoms with Gasteiger partial charge in [0.1, 0.15) is 0 Å². The van der Waals surface area contributed by atoms with Crippen LogP contribution in [-0.4, -0.2) is 32.6 Å². The number of esters is 1. The van der Waals surface area contributed by atoms with E-state index >= 15 is 0 Å². The van der Waals surface area contributed by atoms with Gasteiger partial charge in [-0.3, -0.25) is 9.59 Å². The number of halogens is 1. The fraction of sp³-hybridized carbons (Fsp3) is 0.300. The maximum Gasteiger partial charge on any atom is 0.303 e. The van der Waals surface area contributed by atoms with Crippen LogP contribution in [0.4, 0.5) is 0 Å². The second-order valence-corrected chi connectivity index (χ2v) is 6.69. The predicted octanol–water partition coefficient (Wildman–Crippen LogP) is 3.43. The first kappa shape index (κ1) is 20.8. The summed E-state index contributed by atoms with van der Waals surface area (Å²) in [5.41, 5.74) is 1.60. The monoisotopic (exact) mass is 435 g/mol. The molecule has 1 unspecified atom stereocenters. The molecule has 27 heavy (non-hydrogen) atoms. The van der Waals surface area contributed by atoms with Crippen LogP contribution in [0.25, 0.3) is 0 Å². The van der Waals surface area contributed by atoms with Crippen molar-refractivity contribution in [1.29, 1.82) is 0 Å². The fourth-order valence-electron chi connectivity index (χ4n) is 2.54. The average molecular weight is 436 g/mol. The first-order valence-corrected chi connectivity index (χ1v) is 9.15. The van der Waals surface area contributed by atoms with Gasteiger partial charge in [-0.2, -0.15) is 0 Å². The molecule has 0 fully saturated rings. The van der Waals surface area contributed by atoms with Crippen LogP contribution in [-0.2, 0) is 20.7 Å². The predicted molar refractivity (Wildman–Crippen MR) is 105 cm³/mol. The molecular weight excluding hydrogens is 414 g/mol. The van der Waals surface area contributed by atoms with E-state index in [1.165, 1.54) is 6.92 Å². The summed E-state index contributed by atoms with van der Waals surface area (Å²) in [6, 6.07) is 12.7. The molecule has 1 N–H and O–H groups in total. The van der Waals surface area contributed by atoms with Crippen molar-refractivity contribution in [3.05, 3.63) is 58.1 Å². The van der Waals surface area contributed by atoms with Gasteiger partial charge in [0, 0.05) is 23.5 Å². The molecule has 0 radical (unpaired) electrons. The quantitative estimate of drug-likeness (QED) is 0.642. The van der Waals surface area contributed by atoms with Gasteiger partial charge in [-0.15, -0.1) is 0 Å². The Hall–Kier alpha value is -2.54. The molecule has 0 spiro atoms. The lowest BCUT2D eigenvalue weighted by Crippen LogP contribution is -2.33. The van der Waals surface area contributed by atoms with E-state index in [4.69, 9.17) is 14.2 Å². The second kappa shape index (κ2) is 9.97. The molecule has 0 bridgehead atoms. The number of carbonyl (C=O) groups is 2. The summed E-state index contributed by atoms with van der Waals surface area (Å²) in [5, 5.41) is 2.82. The molecule has 2 rings (SSSR count). The standard InChI is InChI=1S/C20H22BrNO5/c1-13(23)27-19(15-5-7-16(21)8-6-15)20(24)22-11-10-14-4-9-17(25-2)18(12-14)26-3/h4-9,12,19H,10-11H2,1-3H3,(H,22,24). The molecule has 2 aromatic rings. The average Bonchev–Trinajstić information content (AvgIpc) is 2.66. The lowest BCUT2D eigenvalue weighted by Gasteiger charge is -2.17. The molecule has 144 valence electrons. The zero-order valence-corrected chi connectivity index (χ0v) is 17.0. The van der Waals surface area contributed by atoms with Crippen LogP contribution in [0.15, 0.2) is 46.9 Å². The van der Waals surface area contributed by atoms with Crippen LogP contribution in [0.2, 0.25) is 0 Å². The second-order valence-electron chi connectivity index (χ2n) is 5.77. The summed E-state index contributed by atoms with van der Waals surface area (Å²) in [7, 11) is 3.15. The molecule has 0 aliphatic heterocycles. The summed E-state index contributed by atoms with van der Waals surface area (Å²) in [6.45, 7) is 1.67. The lowest BCUT2D eigenvalue weighted by atomic mass is 10.1. The van der Waals surface area contributed by atoms with Gasteiger partial charge in [0.2, 0.25) is 6.10 Å². The zero-order valence-electron chi connectivity index (χ0n) is 15.5.